The van der Waals surface area contributed by atoms with Crippen LogP contribution < -0.4 is 18.9 Å². The molecule has 656 valence electrons. The van der Waals surface area contributed by atoms with Gasteiger partial charge in [-0.1, -0.05) is 218 Å². The third-order valence-corrected chi connectivity index (χ3v) is 21.4. The molecule has 0 aliphatic rings. The number of aromatic amines is 4. The molecule has 0 radical (unpaired) electrons. The number of nitrogens with zero attached hydrogens (tertiary/aromatic N) is 20. The quantitative estimate of drug-likeness (QED) is 0.0226. The van der Waals surface area contributed by atoms with Gasteiger partial charge in [0, 0.05) is 22.3 Å². The first-order valence-corrected chi connectivity index (χ1v) is 41.7. The zero-order chi connectivity index (χ0) is 91.1. The molecule has 0 aliphatic carbocycles. The summed E-state index contributed by atoms with van der Waals surface area (Å²) in [6.45, 7) is 10.9. The summed E-state index contributed by atoms with van der Waals surface area (Å²) >= 11 is 0. The van der Waals surface area contributed by atoms with Crippen molar-refractivity contribution in [2.24, 2.45) is 0 Å². The standard InChI is InChI=1S/4C24H20N6O3/c4*1-2-33-24-25-20-9-5-8-19(23(31)32)21(20)30(24)14-15-10-12-16(13-11-15)17-6-3-4-7-18(17)22-26-28-29-27-22/h4*3-13H,2,14H2,1H3,(H,31,32)(H,26,27,28,29). The lowest BCUT2D eigenvalue weighted by atomic mass is 9.98. The average Bonchev–Trinajstić information content (AvgIpc) is 1.63. The number of benzene rings is 12. The predicted molar refractivity (Wildman–Crippen MR) is 488 cm³/mol. The van der Waals surface area contributed by atoms with Crippen molar-refractivity contribution in [3.8, 4) is 114 Å². The number of fused-ring (bicyclic) bond motifs is 4. The molecule has 8 heterocycles. The van der Waals surface area contributed by atoms with E-state index in [1.165, 1.54) is 0 Å². The Morgan fingerprint density at radius 1 is 0.258 bits per heavy atom. The summed E-state index contributed by atoms with van der Waals surface area (Å²) in [5.74, 6) is -1.89. The Balaban J connectivity index is 0.000000123. The Morgan fingerprint density at radius 2 is 0.455 bits per heavy atom. The van der Waals surface area contributed by atoms with E-state index in [4.69, 9.17) is 18.9 Å². The monoisotopic (exact) mass is 1760 g/mol. The molecule has 0 atom stereocenters. The number of imidazole rings is 4. The zero-order valence-corrected chi connectivity index (χ0v) is 71.1. The van der Waals surface area contributed by atoms with Crippen molar-refractivity contribution in [2.75, 3.05) is 26.4 Å². The molecule has 0 aliphatic heterocycles. The molecule has 36 nitrogen and oxygen atoms in total. The molecule has 0 fully saturated rings. The molecular formula is C96H80N24O12. The number of aromatic carboxylic acids is 4. The second-order valence-corrected chi connectivity index (χ2v) is 29.5. The predicted octanol–water partition coefficient (Wildman–Crippen LogP) is 16.1. The average molecular weight is 1760 g/mol. The molecule has 8 aromatic heterocycles. The Bertz CT molecular complexity index is 6580. The van der Waals surface area contributed by atoms with Gasteiger partial charge in [0.1, 0.15) is 0 Å². The van der Waals surface area contributed by atoms with Crippen molar-refractivity contribution >= 4 is 68.0 Å². The fraction of sp³-hybridized carbons (Fsp3) is 0.125. The first kappa shape index (κ1) is 86.0. The third kappa shape index (κ3) is 18.3. The van der Waals surface area contributed by atoms with Gasteiger partial charge in [0.15, 0.2) is 0 Å². The number of hydrogen-bond acceptors (Lipinski definition) is 24. The zero-order valence-electron chi connectivity index (χ0n) is 71.1. The van der Waals surface area contributed by atoms with Gasteiger partial charge in [-0.3, -0.25) is 18.3 Å². The highest BCUT2D eigenvalue weighted by Gasteiger charge is 2.26. The Morgan fingerprint density at radius 3 is 0.629 bits per heavy atom. The molecular weight excluding hydrogens is 1680 g/mol. The van der Waals surface area contributed by atoms with E-state index < -0.39 is 23.9 Å². The third-order valence-electron chi connectivity index (χ3n) is 21.4. The van der Waals surface area contributed by atoms with E-state index in [1.54, 1.807) is 72.8 Å². The lowest BCUT2D eigenvalue weighted by Crippen LogP contribution is -2.08. The summed E-state index contributed by atoms with van der Waals surface area (Å²) in [6, 6.07) is 85.5. The lowest BCUT2D eigenvalue weighted by molar-refractivity contribution is 0.0687. The van der Waals surface area contributed by atoms with Gasteiger partial charge in [0.05, 0.1) is 119 Å². The van der Waals surface area contributed by atoms with Crippen molar-refractivity contribution in [1.29, 1.82) is 0 Å². The highest BCUT2D eigenvalue weighted by molar-refractivity contribution is 6.04. The van der Waals surface area contributed by atoms with Crippen LogP contribution in [0.25, 0.3) is 134 Å². The van der Waals surface area contributed by atoms with Gasteiger partial charge in [-0.25, -0.2) is 19.2 Å². The number of rotatable bonds is 28. The molecule has 0 amide bonds. The molecule has 20 rings (SSSR count). The SMILES string of the molecule is CCOc1nc2cccc(C(=O)O)c2n1Cc1ccc(-c2ccccc2-c2nn[nH]n2)cc1.CCOc1nc2cccc(C(=O)O)c2n1Cc1ccc(-c2ccccc2-c2nn[nH]n2)cc1.CCOc1nc2cccc(C(=O)O)c2n1Cc1ccc(-c2ccccc2-c2nn[nH]n2)cc1.CCOc1nc2cccc(C(=O)O)c2n1Cc1ccc(-c2ccccc2-c2nn[nH]n2)cc1. The topological polar surface area (TPSA) is 475 Å². The number of para-hydroxylation sites is 4. The van der Waals surface area contributed by atoms with E-state index in [2.05, 4.69) is 102 Å². The van der Waals surface area contributed by atoms with Gasteiger partial charge < -0.3 is 39.4 Å². The number of ether oxygens (including phenoxy) is 4. The highest BCUT2D eigenvalue weighted by Crippen LogP contribution is 2.38. The first-order chi connectivity index (χ1) is 64.6. The van der Waals surface area contributed by atoms with Crippen LogP contribution in [0.15, 0.2) is 267 Å². The minimum atomic E-state index is -1.00. The number of H-pyrrole nitrogens is 4. The maximum atomic E-state index is 11.8. The van der Waals surface area contributed by atoms with Gasteiger partial charge in [-0.15, -0.1) is 40.8 Å². The fourth-order valence-electron chi connectivity index (χ4n) is 15.6. The van der Waals surface area contributed by atoms with Crippen molar-refractivity contribution in [3.05, 3.63) is 311 Å². The number of hydrogen-bond donors (Lipinski definition) is 8. The van der Waals surface area contributed by atoms with Crippen molar-refractivity contribution in [3.63, 3.8) is 0 Å². The van der Waals surface area contributed by atoms with E-state index in [0.29, 0.717) is 144 Å². The normalized spacial score (nSPS) is 11.1. The van der Waals surface area contributed by atoms with Crippen LogP contribution in [0.2, 0.25) is 0 Å². The van der Waals surface area contributed by atoms with E-state index in [-0.39, 0.29) is 22.3 Å². The number of nitrogens with one attached hydrogen (secondary N) is 4. The molecule has 0 unspecified atom stereocenters. The number of carboxylic acid groups (broad SMARTS) is 4. The molecule has 12 aromatic carbocycles. The smallest absolute Gasteiger partial charge is 0.337 e. The second-order valence-electron chi connectivity index (χ2n) is 29.5. The minimum Gasteiger partial charge on any atom is -0.478 e. The number of carboxylic acids is 4. The van der Waals surface area contributed by atoms with E-state index in [0.717, 1.165) is 89.0 Å². The maximum Gasteiger partial charge on any atom is 0.337 e. The molecule has 20 aromatic rings. The van der Waals surface area contributed by atoms with Crippen molar-refractivity contribution in [2.45, 2.75) is 53.9 Å². The van der Waals surface area contributed by atoms with Crippen LogP contribution in [0.1, 0.15) is 91.4 Å². The molecule has 0 saturated heterocycles. The van der Waals surface area contributed by atoms with Crippen LogP contribution in [0, 0.1) is 0 Å². The molecule has 36 heteroatoms. The van der Waals surface area contributed by atoms with Crippen molar-refractivity contribution in [1.82, 2.24) is 121 Å². The summed E-state index contributed by atoms with van der Waals surface area (Å²) < 4.78 is 30.1. The van der Waals surface area contributed by atoms with Gasteiger partial charge in [-0.2, -0.15) is 40.8 Å². The van der Waals surface area contributed by atoms with Crippen LogP contribution in [0.4, 0.5) is 0 Å². The largest absolute Gasteiger partial charge is 0.478 e. The number of tetrazole rings is 4. The second kappa shape index (κ2) is 39.2. The molecule has 0 spiro atoms. The molecule has 0 saturated carbocycles. The number of aromatic nitrogens is 24. The lowest BCUT2D eigenvalue weighted by Gasteiger charge is -2.12. The maximum absolute atomic E-state index is 11.8. The van der Waals surface area contributed by atoms with E-state index in [9.17, 15) is 39.6 Å². The van der Waals surface area contributed by atoms with E-state index in [1.807, 2.05) is 240 Å². The van der Waals surface area contributed by atoms with Gasteiger partial charge in [-0.05, 0) is 164 Å². The van der Waals surface area contributed by atoms with Crippen LogP contribution in [0.3, 0.4) is 0 Å². The summed E-state index contributed by atoms with van der Waals surface area (Å²) in [6.07, 6.45) is 0. The van der Waals surface area contributed by atoms with Gasteiger partial charge >= 0.3 is 23.9 Å². The minimum absolute atomic E-state index is 0.191. The van der Waals surface area contributed by atoms with Crippen LogP contribution >= 0.6 is 0 Å². The molecule has 0 bridgehead atoms. The summed E-state index contributed by atoms with van der Waals surface area (Å²) in [4.78, 5) is 65.3. The van der Waals surface area contributed by atoms with Crippen LogP contribution in [-0.4, -0.2) is 191 Å². The molecule has 132 heavy (non-hydrogen) atoms. The van der Waals surface area contributed by atoms with Crippen LogP contribution in [-0.2, 0) is 26.2 Å². The van der Waals surface area contributed by atoms with E-state index >= 15 is 0 Å². The van der Waals surface area contributed by atoms with Crippen molar-refractivity contribution < 1.29 is 58.6 Å². The van der Waals surface area contributed by atoms with Gasteiger partial charge in [0.25, 0.3) is 24.0 Å². The Hall–Kier alpha value is -18.1. The van der Waals surface area contributed by atoms with Gasteiger partial charge in [0.2, 0.25) is 23.3 Å². The fourth-order valence-corrected chi connectivity index (χ4v) is 15.6. The molecule has 8 N–H and O–H groups in total. The summed E-state index contributed by atoms with van der Waals surface area (Å²) in [7, 11) is 0. The van der Waals surface area contributed by atoms with Crippen LogP contribution in [0.5, 0.6) is 24.0 Å². The summed E-state index contributed by atoms with van der Waals surface area (Å²) in [5.41, 5.74) is 20.7. The summed E-state index contributed by atoms with van der Waals surface area (Å²) in [5, 5.41) is 96.1. The number of carbonyl (C=O) groups is 4. The Kier molecular flexibility index (Phi) is 25.5. The first-order valence-electron chi connectivity index (χ1n) is 41.7. The highest BCUT2D eigenvalue weighted by atomic mass is 16.5. The Labute approximate surface area is 749 Å².